The molecule has 194 valence electrons. The largest absolute Gasteiger partial charge is 0.455 e. The number of halogens is 1. The van der Waals surface area contributed by atoms with Gasteiger partial charge >= 0.3 is 6.03 Å². The maximum atomic E-state index is 13.1. The predicted octanol–water partition coefficient (Wildman–Crippen LogP) is 7.50. The van der Waals surface area contributed by atoms with Gasteiger partial charge in [0.2, 0.25) is 0 Å². The van der Waals surface area contributed by atoms with Crippen LogP contribution in [0.1, 0.15) is 24.0 Å². The van der Waals surface area contributed by atoms with Gasteiger partial charge in [0, 0.05) is 16.3 Å². The lowest BCUT2D eigenvalue weighted by Gasteiger charge is -2.21. The maximum absolute atomic E-state index is 13.1. The van der Waals surface area contributed by atoms with Gasteiger partial charge < -0.3 is 15.4 Å². The molecule has 0 radical (unpaired) electrons. The van der Waals surface area contributed by atoms with Gasteiger partial charge in [-0.2, -0.15) is 0 Å². The fraction of sp³-hybridized carbons (Fsp3) is 0.133. The molecule has 0 atom stereocenters. The van der Waals surface area contributed by atoms with Crippen LogP contribution in [-0.2, 0) is 12.8 Å². The van der Waals surface area contributed by atoms with E-state index in [0.29, 0.717) is 28.0 Å². The molecule has 2 amide bonds. The molecule has 0 spiro atoms. The summed E-state index contributed by atoms with van der Waals surface area (Å²) in [5.74, 6) is 1.91. The predicted molar refractivity (Wildman–Crippen MR) is 152 cm³/mol. The topological polar surface area (TPSA) is 105 Å². The third-order valence-corrected chi connectivity index (χ3v) is 6.99. The molecule has 0 bridgehead atoms. The van der Waals surface area contributed by atoms with Crippen molar-refractivity contribution in [2.75, 3.05) is 10.6 Å². The summed E-state index contributed by atoms with van der Waals surface area (Å²) >= 11 is 5.99. The molecule has 0 fully saturated rings. The van der Waals surface area contributed by atoms with Crippen molar-refractivity contribution in [3.8, 4) is 34.0 Å². The van der Waals surface area contributed by atoms with Crippen molar-refractivity contribution in [1.29, 1.82) is 0 Å². The van der Waals surface area contributed by atoms with Crippen LogP contribution in [0.25, 0.3) is 22.5 Å². The summed E-state index contributed by atoms with van der Waals surface area (Å²) in [6.07, 6.45) is 4.34. The highest BCUT2D eigenvalue weighted by Crippen LogP contribution is 2.39. The van der Waals surface area contributed by atoms with Gasteiger partial charge in [-0.15, -0.1) is 5.10 Å². The average molecular weight is 537 g/mol. The highest BCUT2D eigenvalue weighted by molar-refractivity contribution is 6.30. The number of rotatable bonds is 6. The lowest BCUT2D eigenvalue weighted by atomic mass is 9.91. The van der Waals surface area contributed by atoms with Gasteiger partial charge in [-0.1, -0.05) is 54.1 Å². The zero-order chi connectivity index (χ0) is 26.6. The molecule has 3 N–H and O–H groups in total. The van der Waals surface area contributed by atoms with E-state index >= 15 is 0 Å². The van der Waals surface area contributed by atoms with E-state index in [9.17, 15) is 4.79 Å². The van der Waals surface area contributed by atoms with Crippen LogP contribution >= 0.6 is 11.6 Å². The number of nitrogens with zero attached hydrogens (tertiary/aromatic N) is 3. The zero-order valence-corrected chi connectivity index (χ0v) is 21.7. The third kappa shape index (κ3) is 5.46. The molecule has 6 rings (SSSR count). The van der Waals surface area contributed by atoms with Gasteiger partial charge in [0.05, 0.1) is 5.69 Å². The van der Waals surface area contributed by atoms with E-state index in [0.717, 1.165) is 41.7 Å². The van der Waals surface area contributed by atoms with E-state index in [1.54, 1.807) is 24.3 Å². The molecule has 4 aromatic carbocycles. The van der Waals surface area contributed by atoms with Crippen LogP contribution in [0.15, 0.2) is 84.9 Å². The Morgan fingerprint density at radius 1 is 0.846 bits per heavy atom. The van der Waals surface area contributed by atoms with E-state index in [2.05, 4.69) is 37.3 Å². The van der Waals surface area contributed by atoms with Crippen LogP contribution in [0, 0.1) is 0 Å². The number of aromatic amines is 1. The molecule has 0 saturated carbocycles. The monoisotopic (exact) mass is 536 g/mol. The third-order valence-electron chi connectivity index (χ3n) is 6.74. The summed E-state index contributed by atoms with van der Waals surface area (Å²) in [5, 5.41) is 20.8. The smallest absolute Gasteiger partial charge is 0.323 e. The van der Waals surface area contributed by atoms with Gasteiger partial charge in [-0.25, -0.2) is 9.89 Å². The lowest BCUT2D eigenvalue weighted by Crippen LogP contribution is -2.19. The minimum atomic E-state index is -0.401. The number of carbonyl (C=O) groups excluding carboxylic acids is 1. The SMILES string of the molecule is O=C(Nc1ccc(Cl)cc1)Nc1cc(-c2ccccc2-c2nnn[nH]2)ccc1Oc1cccc2c1CCCC2. The first kappa shape index (κ1) is 24.6. The van der Waals surface area contributed by atoms with Crippen LogP contribution in [-0.4, -0.2) is 26.7 Å². The number of ether oxygens (including phenoxy) is 1. The molecule has 39 heavy (non-hydrogen) atoms. The molecule has 0 saturated heterocycles. The highest BCUT2D eigenvalue weighted by atomic mass is 35.5. The summed E-state index contributed by atoms with van der Waals surface area (Å²) in [7, 11) is 0. The molecular formula is C30H25ClN6O2. The van der Waals surface area contributed by atoms with Crippen molar-refractivity contribution in [3.05, 3.63) is 101 Å². The van der Waals surface area contributed by atoms with Crippen LogP contribution in [0.3, 0.4) is 0 Å². The van der Waals surface area contributed by atoms with Gasteiger partial charge in [-0.05, 0) is 101 Å². The molecule has 0 aliphatic heterocycles. The molecular weight excluding hydrogens is 512 g/mol. The zero-order valence-electron chi connectivity index (χ0n) is 20.9. The minimum absolute atomic E-state index is 0.401. The minimum Gasteiger partial charge on any atom is -0.455 e. The Morgan fingerprint density at radius 3 is 2.49 bits per heavy atom. The first-order valence-corrected chi connectivity index (χ1v) is 13.1. The second-order valence-corrected chi connectivity index (χ2v) is 9.73. The first-order chi connectivity index (χ1) is 19.1. The Balaban J connectivity index is 1.37. The van der Waals surface area contributed by atoms with Crippen molar-refractivity contribution < 1.29 is 9.53 Å². The van der Waals surface area contributed by atoms with Crippen LogP contribution in [0.4, 0.5) is 16.2 Å². The number of aromatic nitrogens is 4. The number of H-pyrrole nitrogens is 1. The Bertz CT molecular complexity index is 1620. The van der Waals surface area contributed by atoms with E-state index < -0.39 is 6.03 Å². The van der Waals surface area contributed by atoms with Crippen LogP contribution in [0.5, 0.6) is 11.5 Å². The molecule has 9 heteroatoms. The van der Waals surface area contributed by atoms with Crippen molar-refractivity contribution in [1.82, 2.24) is 20.6 Å². The maximum Gasteiger partial charge on any atom is 0.323 e. The highest BCUT2D eigenvalue weighted by Gasteiger charge is 2.18. The molecule has 1 aliphatic rings. The van der Waals surface area contributed by atoms with Crippen molar-refractivity contribution >= 4 is 29.0 Å². The number of benzene rings is 4. The summed E-state index contributed by atoms with van der Waals surface area (Å²) in [6, 6.07) is 26.3. The second-order valence-electron chi connectivity index (χ2n) is 9.30. The van der Waals surface area contributed by atoms with E-state index in [1.165, 1.54) is 17.5 Å². The Morgan fingerprint density at radius 2 is 1.67 bits per heavy atom. The fourth-order valence-electron chi connectivity index (χ4n) is 4.88. The van der Waals surface area contributed by atoms with E-state index in [1.807, 2.05) is 54.6 Å². The number of hydrogen-bond donors (Lipinski definition) is 3. The number of amides is 2. The van der Waals surface area contributed by atoms with E-state index in [-0.39, 0.29) is 0 Å². The molecule has 8 nitrogen and oxygen atoms in total. The number of anilines is 2. The standard InChI is InChI=1S/C30H25ClN6O2/c31-21-13-15-22(16-14-21)32-30(38)33-26-18-20(23-8-3-4-10-25(23)29-34-36-37-35-29)12-17-28(26)39-27-11-5-7-19-6-1-2-9-24(19)27/h3-5,7-8,10-18H,1-2,6,9H2,(H2,32,33,38)(H,34,35,36,37). The van der Waals surface area contributed by atoms with Gasteiger partial charge in [0.25, 0.3) is 0 Å². The molecule has 0 unspecified atom stereocenters. The van der Waals surface area contributed by atoms with Crippen molar-refractivity contribution in [2.24, 2.45) is 0 Å². The summed E-state index contributed by atoms with van der Waals surface area (Å²) < 4.78 is 6.47. The Hall–Kier alpha value is -4.69. The molecule has 1 aromatic heterocycles. The normalized spacial score (nSPS) is 12.4. The lowest BCUT2D eigenvalue weighted by molar-refractivity contribution is 0.262. The molecule has 1 aliphatic carbocycles. The van der Waals surface area contributed by atoms with E-state index in [4.69, 9.17) is 16.3 Å². The summed E-state index contributed by atoms with van der Waals surface area (Å²) in [4.78, 5) is 13.1. The van der Waals surface area contributed by atoms with Gasteiger partial charge in [0.15, 0.2) is 11.6 Å². The summed E-state index contributed by atoms with van der Waals surface area (Å²) in [5.41, 5.74) is 6.30. The number of hydrogen-bond acceptors (Lipinski definition) is 5. The van der Waals surface area contributed by atoms with Gasteiger partial charge in [0.1, 0.15) is 5.75 Å². The number of fused-ring (bicyclic) bond motifs is 1. The van der Waals surface area contributed by atoms with Crippen LogP contribution in [0.2, 0.25) is 5.02 Å². The number of tetrazole rings is 1. The van der Waals surface area contributed by atoms with Crippen molar-refractivity contribution in [2.45, 2.75) is 25.7 Å². The summed E-state index contributed by atoms with van der Waals surface area (Å²) in [6.45, 7) is 0. The molecule has 5 aromatic rings. The Labute approximate surface area is 230 Å². The Kier molecular flexibility index (Phi) is 6.93. The van der Waals surface area contributed by atoms with Crippen molar-refractivity contribution in [3.63, 3.8) is 0 Å². The number of carbonyl (C=O) groups is 1. The van der Waals surface area contributed by atoms with Gasteiger partial charge in [-0.3, -0.25) is 0 Å². The average Bonchev–Trinajstić information content (AvgIpc) is 3.50. The number of urea groups is 1. The first-order valence-electron chi connectivity index (χ1n) is 12.7. The quantitative estimate of drug-likeness (QED) is 0.208. The number of nitrogens with one attached hydrogen (secondary N) is 3. The molecule has 1 heterocycles. The van der Waals surface area contributed by atoms with Crippen LogP contribution < -0.4 is 15.4 Å². The fourth-order valence-corrected chi connectivity index (χ4v) is 5.00. The number of aryl methyl sites for hydroxylation is 1. The second kappa shape index (κ2) is 11.0.